The van der Waals surface area contributed by atoms with Crippen LogP contribution in [0.4, 0.5) is 17.3 Å². The molecule has 0 atom stereocenters. The van der Waals surface area contributed by atoms with Crippen molar-refractivity contribution in [3.8, 4) is 0 Å². The number of nitrogens with one attached hydrogen (secondary N) is 2. The molecule has 2 aromatic heterocycles. The van der Waals surface area contributed by atoms with Crippen LogP contribution in [0.3, 0.4) is 0 Å². The van der Waals surface area contributed by atoms with E-state index >= 15 is 0 Å². The van der Waals surface area contributed by atoms with Gasteiger partial charge in [0, 0.05) is 30.7 Å². The maximum Gasteiger partial charge on any atom is 0.337 e. The van der Waals surface area contributed by atoms with E-state index in [0.717, 1.165) is 11.3 Å². The second kappa shape index (κ2) is 8.06. The SMILES string of the molecule is COC(=O)c1cccc(Nc2cc(NCc3cccnc3)nc(C)n2)c1. The molecule has 0 aliphatic rings. The molecule has 0 saturated carbocycles. The summed E-state index contributed by atoms with van der Waals surface area (Å²) in [5.41, 5.74) is 2.27. The van der Waals surface area contributed by atoms with Gasteiger partial charge >= 0.3 is 5.97 Å². The average Bonchev–Trinajstić information content (AvgIpc) is 2.66. The van der Waals surface area contributed by atoms with E-state index in [2.05, 4.69) is 25.6 Å². The van der Waals surface area contributed by atoms with Crippen LogP contribution in [0.2, 0.25) is 0 Å². The van der Waals surface area contributed by atoms with E-state index in [4.69, 9.17) is 4.74 Å². The molecule has 7 nitrogen and oxygen atoms in total. The number of esters is 1. The first-order chi connectivity index (χ1) is 12.6. The Labute approximate surface area is 151 Å². The van der Waals surface area contributed by atoms with E-state index in [0.29, 0.717) is 29.6 Å². The van der Waals surface area contributed by atoms with Gasteiger partial charge in [0.1, 0.15) is 17.5 Å². The molecule has 26 heavy (non-hydrogen) atoms. The number of hydrogen-bond acceptors (Lipinski definition) is 7. The van der Waals surface area contributed by atoms with Crippen LogP contribution in [0, 0.1) is 6.92 Å². The second-order valence-electron chi connectivity index (χ2n) is 5.60. The number of pyridine rings is 1. The number of rotatable bonds is 6. The lowest BCUT2D eigenvalue weighted by Crippen LogP contribution is -2.06. The smallest absolute Gasteiger partial charge is 0.337 e. The lowest BCUT2D eigenvalue weighted by molar-refractivity contribution is 0.0601. The van der Waals surface area contributed by atoms with Crippen molar-refractivity contribution in [3.05, 3.63) is 71.8 Å². The van der Waals surface area contributed by atoms with Gasteiger partial charge in [-0.05, 0) is 36.8 Å². The number of methoxy groups -OCH3 is 1. The van der Waals surface area contributed by atoms with Crippen LogP contribution in [0.1, 0.15) is 21.7 Å². The lowest BCUT2D eigenvalue weighted by Gasteiger charge is -2.11. The number of anilines is 3. The zero-order valence-electron chi connectivity index (χ0n) is 14.6. The maximum atomic E-state index is 11.7. The molecule has 3 aromatic rings. The normalized spacial score (nSPS) is 10.2. The summed E-state index contributed by atoms with van der Waals surface area (Å²) in [7, 11) is 1.36. The lowest BCUT2D eigenvalue weighted by atomic mass is 10.2. The number of aryl methyl sites for hydroxylation is 1. The molecule has 0 radical (unpaired) electrons. The van der Waals surface area contributed by atoms with Gasteiger partial charge in [-0.25, -0.2) is 14.8 Å². The fraction of sp³-hybridized carbons (Fsp3) is 0.158. The van der Waals surface area contributed by atoms with Crippen LogP contribution in [-0.2, 0) is 11.3 Å². The number of carbonyl (C=O) groups is 1. The molecule has 7 heteroatoms. The summed E-state index contributed by atoms with van der Waals surface area (Å²) in [6.07, 6.45) is 3.54. The fourth-order valence-electron chi connectivity index (χ4n) is 2.41. The minimum atomic E-state index is -0.383. The Balaban J connectivity index is 1.74. The Morgan fingerprint density at radius 3 is 2.73 bits per heavy atom. The number of benzene rings is 1. The molecular weight excluding hydrogens is 330 g/mol. The van der Waals surface area contributed by atoms with Crippen molar-refractivity contribution in [2.45, 2.75) is 13.5 Å². The second-order valence-corrected chi connectivity index (χ2v) is 5.60. The predicted octanol–water partition coefficient (Wildman–Crippen LogP) is 3.32. The summed E-state index contributed by atoms with van der Waals surface area (Å²) in [6.45, 7) is 2.44. The number of carbonyl (C=O) groups excluding carboxylic acids is 1. The van der Waals surface area contributed by atoms with Crippen molar-refractivity contribution in [1.82, 2.24) is 15.0 Å². The van der Waals surface area contributed by atoms with Crippen LogP contribution in [0.5, 0.6) is 0 Å². The molecule has 0 fully saturated rings. The largest absolute Gasteiger partial charge is 0.465 e. The average molecular weight is 349 g/mol. The minimum Gasteiger partial charge on any atom is -0.465 e. The summed E-state index contributed by atoms with van der Waals surface area (Å²) >= 11 is 0. The van der Waals surface area contributed by atoms with Crippen LogP contribution in [0.15, 0.2) is 54.9 Å². The molecular formula is C19H19N5O2. The third-order valence-corrected chi connectivity index (χ3v) is 3.59. The van der Waals surface area contributed by atoms with Gasteiger partial charge in [0.2, 0.25) is 0 Å². The number of nitrogens with zero attached hydrogens (tertiary/aromatic N) is 3. The molecule has 132 valence electrons. The highest BCUT2D eigenvalue weighted by atomic mass is 16.5. The van der Waals surface area contributed by atoms with E-state index in [-0.39, 0.29) is 5.97 Å². The van der Waals surface area contributed by atoms with Gasteiger partial charge in [-0.15, -0.1) is 0 Å². The van der Waals surface area contributed by atoms with Crippen molar-refractivity contribution in [1.29, 1.82) is 0 Å². The summed E-state index contributed by atoms with van der Waals surface area (Å²) in [5.74, 6) is 1.58. The summed E-state index contributed by atoms with van der Waals surface area (Å²) in [4.78, 5) is 24.5. The quantitative estimate of drug-likeness (QED) is 0.660. The molecule has 0 aliphatic carbocycles. The highest BCUT2D eigenvalue weighted by Crippen LogP contribution is 2.19. The molecule has 0 spiro atoms. The van der Waals surface area contributed by atoms with Crippen molar-refractivity contribution in [2.75, 3.05) is 17.7 Å². The summed E-state index contributed by atoms with van der Waals surface area (Å²) in [5, 5.41) is 6.45. The van der Waals surface area contributed by atoms with Gasteiger partial charge in [-0.3, -0.25) is 4.98 Å². The molecule has 0 bridgehead atoms. The molecule has 0 aliphatic heterocycles. The van der Waals surface area contributed by atoms with Gasteiger partial charge in [-0.2, -0.15) is 0 Å². The predicted molar refractivity (Wildman–Crippen MR) is 99.4 cm³/mol. The van der Waals surface area contributed by atoms with Crippen molar-refractivity contribution >= 4 is 23.3 Å². The van der Waals surface area contributed by atoms with Gasteiger partial charge in [-0.1, -0.05) is 12.1 Å². The van der Waals surface area contributed by atoms with Crippen molar-refractivity contribution < 1.29 is 9.53 Å². The van der Waals surface area contributed by atoms with Gasteiger partial charge in [0.05, 0.1) is 12.7 Å². The Morgan fingerprint density at radius 2 is 1.96 bits per heavy atom. The Hall–Kier alpha value is -3.48. The highest BCUT2D eigenvalue weighted by Gasteiger charge is 2.07. The number of aromatic nitrogens is 3. The molecule has 2 heterocycles. The van der Waals surface area contributed by atoms with Crippen LogP contribution in [0.25, 0.3) is 0 Å². The Morgan fingerprint density at radius 1 is 1.12 bits per heavy atom. The zero-order valence-corrected chi connectivity index (χ0v) is 14.6. The van der Waals surface area contributed by atoms with E-state index in [9.17, 15) is 4.79 Å². The molecule has 3 rings (SSSR count). The van der Waals surface area contributed by atoms with Crippen molar-refractivity contribution in [3.63, 3.8) is 0 Å². The van der Waals surface area contributed by atoms with Gasteiger partial charge in [0.25, 0.3) is 0 Å². The molecule has 0 saturated heterocycles. The molecule has 1 aromatic carbocycles. The Bertz CT molecular complexity index is 899. The molecule has 2 N–H and O–H groups in total. The molecule has 0 unspecified atom stereocenters. The topological polar surface area (TPSA) is 89.0 Å². The Kier molecular flexibility index (Phi) is 5.38. The van der Waals surface area contributed by atoms with Gasteiger partial charge in [0.15, 0.2) is 0 Å². The first-order valence-electron chi connectivity index (χ1n) is 8.08. The van der Waals surface area contributed by atoms with Crippen LogP contribution in [-0.4, -0.2) is 28.0 Å². The zero-order chi connectivity index (χ0) is 18.4. The number of hydrogen-bond donors (Lipinski definition) is 2. The van der Waals surface area contributed by atoms with E-state index in [1.165, 1.54) is 7.11 Å². The van der Waals surface area contributed by atoms with Crippen molar-refractivity contribution in [2.24, 2.45) is 0 Å². The fourth-order valence-corrected chi connectivity index (χ4v) is 2.41. The first-order valence-corrected chi connectivity index (χ1v) is 8.08. The summed E-state index contributed by atoms with van der Waals surface area (Å²) in [6, 6.07) is 12.7. The monoisotopic (exact) mass is 349 g/mol. The van der Waals surface area contributed by atoms with Gasteiger partial charge < -0.3 is 15.4 Å². The van der Waals surface area contributed by atoms with Crippen LogP contribution >= 0.6 is 0 Å². The standard InChI is InChI=1S/C19H19N5O2/c1-13-22-17(21-12-14-5-4-8-20-11-14)10-18(23-13)24-16-7-3-6-15(9-16)19(25)26-2/h3-11H,12H2,1-2H3,(H2,21,22,23,24). The van der Waals surface area contributed by atoms with E-state index < -0.39 is 0 Å². The third-order valence-electron chi connectivity index (χ3n) is 3.59. The van der Waals surface area contributed by atoms with Crippen LogP contribution < -0.4 is 10.6 Å². The summed E-state index contributed by atoms with van der Waals surface area (Å²) < 4.78 is 4.75. The maximum absolute atomic E-state index is 11.7. The molecule has 0 amide bonds. The minimum absolute atomic E-state index is 0.383. The highest BCUT2D eigenvalue weighted by molar-refractivity contribution is 5.90. The first kappa shape index (κ1) is 17.3. The third kappa shape index (κ3) is 4.54. The number of ether oxygens (including phenoxy) is 1. The van der Waals surface area contributed by atoms with E-state index in [1.807, 2.05) is 31.2 Å². The van der Waals surface area contributed by atoms with E-state index in [1.54, 1.807) is 30.6 Å².